The average Bonchev–Trinajstić information content (AvgIpc) is 2.69. The van der Waals surface area contributed by atoms with Crippen molar-refractivity contribution in [2.75, 3.05) is 18.2 Å². The minimum atomic E-state index is 0.709. The predicted octanol–water partition coefficient (Wildman–Crippen LogP) is 5.24. The van der Waals surface area contributed by atoms with Gasteiger partial charge in [0.1, 0.15) is 5.75 Å². The highest BCUT2D eigenvalue weighted by atomic mass is 16.5. The predicted molar refractivity (Wildman–Crippen MR) is 108 cm³/mol. The zero-order valence-electron chi connectivity index (χ0n) is 14.4. The van der Waals surface area contributed by atoms with E-state index in [0.717, 1.165) is 39.3 Å². The fourth-order valence-corrected chi connectivity index (χ4v) is 2.96. The molecule has 1 heterocycles. The van der Waals surface area contributed by atoms with E-state index in [4.69, 9.17) is 15.5 Å². The number of fused-ring (bicyclic) bond motifs is 1. The van der Waals surface area contributed by atoms with Gasteiger partial charge in [0.2, 0.25) is 0 Å². The van der Waals surface area contributed by atoms with E-state index >= 15 is 0 Å². The standard InChI is InChI=1S/C22H19N3O/c1-26-18-9-5-8-17(13-18)24-22-14-21(15-6-3-2-4-7-15)25-20-11-10-16(23)12-19(20)22/h2-14H,23H2,1H3,(H,24,25). The summed E-state index contributed by atoms with van der Waals surface area (Å²) in [5, 5.41) is 4.46. The molecule has 0 bridgehead atoms. The van der Waals surface area contributed by atoms with Gasteiger partial charge in [-0.1, -0.05) is 36.4 Å². The maximum absolute atomic E-state index is 6.01. The van der Waals surface area contributed by atoms with Crippen LogP contribution in [0.25, 0.3) is 22.2 Å². The highest BCUT2D eigenvalue weighted by Crippen LogP contribution is 2.32. The van der Waals surface area contributed by atoms with Gasteiger partial charge in [-0.2, -0.15) is 0 Å². The third kappa shape index (κ3) is 3.17. The topological polar surface area (TPSA) is 60.2 Å². The number of pyridine rings is 1. The number of nitrogens with one attached hydrogen (secondary N) is 1. The Labute approximate surface area is 152 Å². The molecule has 0 amide bonds. The lowest BCUT2D eigenvalue weighted by atomic mass is 10.1. The van der Waals surface area contributed by atoms with Gasteiger partial charge in [-0.05, 0) is 36.4 Å². The van der Waals surface area contributed by atoms with Gasteiger partial charge in [0.25, 0.3) is 0 Å². The molecule has 4 heteroatoms. The summed E-state index contributed by atoms with van der Waals surface area (Å²) in [6, 6.07) is 25.8. The second-order valence-corrected chi connectivity index (χ2v) is 6.05. The largest absolute Gasteiger partial charge is 0.497 e. The number of benzene rings is 3. The van der Waals surface area contributed by atoms with Crippen LogP contribution in [0.5, 0.6) is 5.75 Å². The fraction of sp³-hybridized carbons (Fsp3) is 0.0455. The number of anilines is 3. The highest BCUT2D eigenvalue weighted by molar-refractivity contribution is 5.97. The summed E-state index contributed by atoms with van der Waals surface area (Å²) in [6.45, 7) is 0. The normalized spacial score (nSPS) is 10.7. The van der Waals surface area contributed by atoms with Gasteiger partial charge in [0.15, 0.2) is 0 Å². The first kappa shape index (κ1) is 16.0. The van der Waals surface area contributed by atoms with Crippen LogP contribution in [0.2, 0.25) is 0 Å². The first-order valence-corrected chi connectivity index (χ1v) is 8.40. The van der Waals surface area contributed by atoms with Crippen molar-refractivity contribution in [1.29, 1.82) is 0 Å². The van der Waals surface area contributed by atoms with E-state index in [9.17, 15) is 0 Å². The molecule has 0 aliphatic rings. The van der Waals surface area contributed by atoms with Gasteiger partial charge in [-0.15, -0.1) is 0 Å². The summed E-state index contributed by atoms with van der Waals surface area (Å²) in [6.07, 6.45) is 0. The Hall–Kier alpha value is -3.53. The number of nitrogen functional groups attached to an aromatic ring is 1. The van der Waals surface area contributed by atoms with Crippen LogP contribution in [0.3, 0.4) is 0 Å². The fourth-order valence-electron chi connectivity index (χ4n) is 2.96. The summed E-state index contributed by atoms with van der Waals surface area (Å²) in [4.78, 5) is 4.80. The second kappa shape index (κ2) is 6.76. The Bertz CT molecular complexity index is 1060. The van der Waals surface area contributed by atoms with Crippen LogP contribution >= 0.6 is 0 Å². The maximum atomic E-state index is 6.01. The van der Waals surface area contributed by atoms with Gasteiger partial charge in [0, 0.05) is 28.4 Å². The van der Waals surface area contributed by atoms with Gasteiger partial charge >= 0.3 is 0 Å². The molecule has 0 saturated carbocycles. The smallest absolute Gasteiger partial charge is 0.120 e. The summed E-state index contributed by atoms with van der Waals surface area (Å²) in [5.74, 6) is 0.802. The minimum Gasteiger partial charge on any atom is -0.497 e. The third-order valence-corrected chi connectivity index (χ3v) is 4.25. The van der Waals surface area contributed by atoms with E-state index in [1.54, 1.807) is 7.11 Å². The van der Waals surface area contributed by atoms with E-state index in [2.05, 4.69) is 23.5 Å². The van der Waals surface area contributed by atoms with Crippen LogP contribution in [0.4, 0.5) is 17.1 Å². The van der Waals surface area contributed by atoms with E-state index < -0.39 is 0 Å². The first-order valence-electron chi connectivity index (χ1n) is 8.40. The van der Waals surface area contributed by atoms with E-state index in [0.29, 0.717) is 5.69 Å². The number of methoxy groups -OCH3 is 1. The molecule has 26 heavy (non-hydrogen) atoms. The molecule has 0 aliphatic carbocycles. The van der Waals surface area contributed by atoms with Crippen molar-refractivity contribution in [3.63, 3.8) is 0 Å². The second-order valence-electron chi connectivity index (χ2n) is 6.05. The molecule has 0 atom stereocenters. The van der Waals surface area contributed by atoms with Crippen molar-refractivity contribution in [2.24, 2.45) is 0 Å². The lowest BCUT2D eigenvalue weighted by molar-refractivity contribution is 0.415. The average molecular weight is 341 g/mol. The minimum absolute atomic E-state index is 0.709. The van der Waals surface area contributed by atoms with Crippen molar-refractivity contribution >= 4 is 28.0 Å². The number of nitrogens with zero attached hydrogens (tertiary/aromatic N) is 1. The Morgan fingerprint density at radius 3 is 2.54 bits per heavy atom. The molecule has 128 valence electrons. The molecular weight excluding hydrogens is 322 g/mol. The lowest BCUT2D eigenvalue weighted by Crippen LogP contribution is -1.96. The van der Waals surface area contributed by atoms with Gasteiger partial charge in [-0.25, -0.2) is 4.98 Å². The highest BCUT2D eigenvalue weighted by Gasteiger charge is 2.09. The van der Waals surface area contributed by atoms with Crippen molar-refractivity contribution in [3.8, 4) is 17.0 Å². The Balaban J connectivity index is 1.86. The van der Waals surface area contributed by atoms with E-state index in [1.807, 2.05) is 60.7 Å². The number of hydrogen-bond acceptors (Lipinski definition) is 4. The van der Waals surface area contributed by atoms with Gasteiger partial charge in [-0.3, -0.25) is 0 Å². The molecule has 4 nitrogen and oxygen atoms in total. The first-order chi connectivity index (χ1) is 12.7. The van der Waals surface area contributed by atoms with E-state index in [1.165, 1.54) is 0 Å². The molecule has 4 rings (SSSR count). The molecule has 3 N–H and O–H groups in total. The maximum Gasteiger partial charge on any atom is 0.120 e. The molecule has 0 spiro atoms. The van der Waals surface area contributed by atoms with Crippen LogP contribution in [0.1, 0.15) is 0 Å². The molecule has 0 radical (unpaired) electrons. The van der Waals surface area contributed by atoms with Crippen molar-refractivity contribution < 1.29 is 4.74 Å². The molecule has 4 aromatic rings. The summed E-state index contributed by atoms with van der Waals surface area (Å²) in [5.41, 5.74) is 11.5. The molecule has 0 fully saturated rings. The van der Waals surface area contributed by atoms with Crippen molar-refractivity contribution in [1.82, 2.24) is 4.98 Å². The van der Waals surface area contributed by atoms with Crippen LogP contribution < -0.4 is 15.8 Å². The number of nitrogens with two attached hydrogens (primary N) is 1. The molecule has 0 saturated heterocycles. The number of aromatic nitrogens is 1. The summed E-state index contributed by atoms with van der Waals surface area (Å²) >= 11 is 0. The zero-order valence-corrected chi connectivity index (χ0v) is 14.4. The molecule has 0 aliphatic heterocycles. The molecule has 3 aromatic carbocycles. The van der Waals surface area contributed by atoms with Crippen LogP contribution in [0, 0.1) is 0 Å². The van der Waals surface area contributed by atoms with Crippen LogP contribution in [-0.2, 0) is 0 Å². The van der Waals surface area contributed by atoms with Crippen LogP contribution in [-0.4, -0.2) is 12.1 Å². The third-order valence-electron chi connectivity index (χ3n) is 4.25. The van der Waals surface area contributed by atoms with Crippen molar-refractivity contribution in [2.45, 2.75) is 0 Å². The van der Waals surface area contributed by atoms with Gasteiger partial charge < -0.3 is 15.8 Å². The number of rotatable bonds is 4. The summed E-state index contributed by atoms with van der Waals surface area (Å²) in [7, 11) is 1.66. The molecular formula is C22H19N3O. The SMILES string of the molecule is COc1cccc(Nc2cc(-c3ccccc3)nc3ccc(N)cc23)c1. The molecule has 1 aromatic heterocycles. The zero-order chi connectivity index (χ0) is 17.9. The Morgan fingerprint density at radius 1 is 0.885 bits per heavy atom. The van der Waals surface area contributed by atoms with E-state index in [-0.39, 0.29) is 0 Å². The Kier molecular flexibility index (Phi) is 4.15. The van der Waals surface area contributed by atoms with Gasteiger partial charge in [0.05, 0.1) is 24.0 Å². The van der Waals surface area contributed by atoms with Crippen LogP contribution in [0.15, 0.2) is 78.9 Å². The Morgan fingerprint density at radius 2 is 1.73 bits per heavy atom. The lowest BCUT2D eigenvalue weighted by Gasteiger charge is -2.13. The quantitative estimate of drug-likeness (QED) is 0.499. The number of ether oxygens (including phenoxy) is 1. The monoisotopic (exact) mass is 341 g/mol. The molecule has 0 unspecified atom stereocenters. The number of hydrogen-bond donors (Lipinski definition) is 2. The summed E-state index contributed by atoms with van der Waals surface area (Å²) < 4.78 is 5.32. The van der Waals surface area contributed by atoms with Crippen molar-refractivity contribution in [3.05, 3.63) is 78.9 Å².